The predicted octanol–water partition coefficient (Wildman–Crippen LogP) is -0.778. The van der Waals surface area contributed by atoms with Crippen LogP contribution in [-0.2, 0) is 6.54 Å². The smallest absolute Gasteiger partial charge is 0.336 e. The number of hydrogen-bond donors (Lipinski definition) is 3. The number of piperazine rings is 1. The van der Waals surface area contributed by atoms with Crippen molar-refractivity contribution < 1.29 is 19.3 Å². The second-order valence-corrected chi connectivity index (χ2v) is 6.90. The van der Waals surface area contributed by atoms with Gasteiger partial charge in [-0.05, 0) is 16.8 Å². The highest BCUT2D eigenvalue weighted by Gasteiger charge is 2.23. The summed E-state index contributed by atoms with van der Waals surface area (Å²) >= 11 is 0. The zero-order chi connectivity index (χ0) is 17.2. The van der Waals surface area contributed by atoms with Crippen molar-refractivity contribution in [1.29, 1.82) is 0 Å². The summed E-state index contributed by atoms with van der Waals surface area (Å²) in [5, 5.41) is 12.5. The molecule has 0 bridgehead atoms. The first-order valence-electron chi connectivity index (χ1n) is 8.97. The van der Waals surface area contributed by atoms with E-state index >= 15 is 0 Å². The Kier molecular flexibility index (Phi) is 4.53. The fourth-order valence-corrected chi connectivity index (χ4v) is 3.97. The lowest BCUT2D eigenvalue weighted by molar-refractivity contribution is -1.02. The Hall–Kier alpha value is -2.21. The molecule has 2 aromatic carbocycles. The molecule has 25 heavy (non-hydrogen) atoms. The molecule has 1 aliphatic rings. The van der Waals surface area contributed by atoms with Gasteiger partial charge < -0.3 is 19.3 Å². The zero-order valence-electron chi connectivity index (χ0n) is 14.3. The van der Waals surface area contributed by atoms with Crippen LogP contribution in [0.1, 0.15) is 5.56 Å². The van der Waals surface area contributed by atoms with Crippen molar-refractivity contribution in [3.05, 3.63) is 58.4 Å². The lowest BCUT2D eigenvalue weighted by Crippen LogP contribution is -3.27. The summed E-state index contributed by atoms with van der Waals surface area (Å²) in [6, 6.07) is 13.8. The van der Waals surface area contributed by atoms with E-state index in [4.69, 9.17) is 9.52 Å². The van der Waals surface area contributed by atoms with Crippen molar-refractivity contribution in [2.45, 2.75) is 6.54 Å². The van der Waals surface area contributed by atoms with Crippen molar-refractivity contribution in [1.82, 2.24) is 0 Å². The molecule has 2 heterocycles. The Morgan fingerprint density at radius 3 is 2.56 bits per heavy atom. The Balaban J connectivity index is 1.69. The molecule has 0 amide bonds. The molecular weight excluding hydrogens is 316 g/mol. The van der Waals surface area contributed by atoms with E-state index in [1.165, 1.54) is 9.80 Å². The third-order valence-electron chi connectivity index (χ3n) is 5.28. The summed E-state index contributed by atoms with van der Waals surface area (Å²) in [5.74, 6) is 0. The minimum atomic E-state index is -0.276. The molecule has 0 spiro atoms. The van der Waals surface area contributed by atoms with Gasteiger partial charge in [-0.25, -0.2) is 4.79 Å². The first-order chi connectivity index (χ1) is 12.2. The number of quaternary nitrogens is 2. The molecule has 3 N–H and O–H groups in total. The molecule has 0 saturated carbocycles. The van der Waals surface area contributed by atoms with Crippen LogP contribution in [0.4, 0.5) is 0 Å². The van der Waals surface area contributed by atoms with E-state index in [1.54, 1.807) is 6.07 Å². The van der Waals surface area contributed by atoms with Gasteiger partial charge in [0, 0.05) is 17.0 Å². The molecule has 0 atom stereocenters. The highest BCUT2D eigenvalue weighted by molar-refractivity contribution is 6.06. The fraction of sp³-hybridized carbons (Fsp3) is 0.350. The Bertz CT molecular complexity index is 942. The Morgan fingerprint density at radius 2 is 1.76 bits per heavy atom. The molecule has 1 saturated heterocycles. The van der Waals surface area contributed by atoms with Gasteiger partial charge in [0.25, 0.3) is 0 Å². The van der Waals surface area contributed by atoms with E-state index < -0.39 is 0 Å². The van der Waals surface area contributed by atoms with Crippen molar-refractivity contribution in [3.8, 4) is 0 Å². The van der Waals surface area contributed by atoms with Crippen LogP contribution < -0.4 is 15.4 Å². The second kappa shape index (κ2) is 6.96. The van der Waals surface area contributed by atoms with Crippen LogP contribution >= 0.6 is 0 Å². The van der Waals surface area contributed by atoms with Gasteiger partial charge in [-0.1, -0.05) is 30.3 Å². The first-order valence-corrected chi connectivity index (χ1v) is 8.97. The van der Waals surface area contributed by atoms with Gasteiger partial charge in [0.2, 0.25) is 0 Å². The summed E-state index contributed by atoms with van der Waals surface area (Å²) in [7, 11) is 0. The standard InChI is InChI=1S/C20H22N2O3/c23-12-11-21-7-9-22(10-8-21)14-16-13-19(24)25-18-6-5-15-3-1-2-4-17(15)20(16)18/h1-6,13,23H,7-12,14H2/p+2. The van der Waals surface area contributed by atoms with Crippen LogP contribution in [0, 0.1) is 0 Å². The van der Waals surface area contributed by atoms with E-state index in [0.29, 0.717) is 5.58 Å². The summed E-state index contributed by atoms with van der Waals surface area (Å²) < 4.78 is 5.45. The van der Waals surface area contributed by atoms with Crippen molar-refractivity contribution in [2.75, 3.05) is 39.3 Å². The normalized spacial score (nSPS) is 21.0. The summed E-state index contributed by atoms with van der Waals surface area (Å²) in [6.07, 6.45) is 0. The van der Waals surface area contributed by atoms with Crippen LogP contribution in [-0.4, -0.2) is 44.4 Å². The van der Waals surface area contributed by atoms with Gasteiger partial charge in [-0.2, -0.15) is 0 Å². The average molecular weight is 340 g/mol. The highest BCUT2D eigenvalue weighted by Crippen LogP contribution is 2.26. The van der Waals surface area contributed by atoms with Crippen LogP contribution in [0.25, 0.3) is 21.7 Å². The average Bonchev–Trinajstić information content (AvgIpc) is 2.63. The van der Waals surface area contributed by atoms with Gasteiger partial charge in [-0.15, -0.1) is 0 Å². The fourth-order valence-electron chi connectivity index (χ4n) is 3.97. The Labute approximate surface area is 146 Å². The summed E-state index contributed by atoms with van der Waals surface area (Å²) in [5.41, 5.74) is 1.47. The molecule has 1 aliphatic heterocycles. The van der Waals surface area contributed by atoms with E-state index in [1.807, 2.05) is 24.3 Å². The third-order valence-corrected chi connectivity index (χ3v) is 5.28. The number of aliphatic hydroxyl groups excluding tert-OH is 1. The lowest BCUT2D eigenvalue weighted by atomic mass is 10.0. The van der Waals surface area contributed by atoms with Crippen molar-refractivity contribution >= 4 is 21.7 Å². The number of rotatable bonds is 4. The monoisotopic (exact) mass is 340 g/mol. The lowest BCUT2D eigenvalue weighted by Gasteiger charge is -2.29. The zero-order valence-corrected chi connectivity index (χ0v) is 14.3. The van der Waals surface area contributed by atoms with Crippen molar-refractivity contribution in [3.63, 3.8) is 0 Å². The number of benzene rings is 2. The molecule has 5 nitrogen and oxygen atoms in total. The van der Waals surface area contributed by atoms with Crippen LogP contribution in [0.3, 0.4) is 0 Å². The number of nitrogens with one attached hydrogen (secondary N) is 2. The SMILES string of the molecule is O=c1cc(C[NH+]2CC[NH+](CCO)CC2)c2c(ccc3ccccc32)o1. The Morgan fingerprint density at radius 1 is 1.00 bits per heavy atom. The van der Waals surface area contributed by atoms with E-state index in [2.05, 4.69) is 12.1 Å². The van der Waals surface area contributed by atoms with E-state index in [0.717, 1.165) is 61.0 Å². The van der Waals surface area contributed by atoms with Gasteiger partial charge in [-0.3, -0.25) is 0 Å². The molecule has 5 heteroatoms. The quantitative estimate of drug-likeness (QED) is 0.432. The molecule has 0 aliphatic carbocycles. The van der Waals surface area contributed by atoms with E-state index in [9.17, 15) is 4.79 Å². The van der Waals surface area contributed by atoms with Crippen LogP contribution in [0.15, 0.2) is 51.7 Å². The maximum atomic E-state index is 12.0. The van der Waals surface area contributed by atoms with Gasteiger partial charge in [0.1, 0.15) is 44.9 Å². The molecule has 0 radical (unpaired) electrons. The maximum Gasteiger partial charge on any atom is 0.336 e. The van der Waals surface area contributed by atoms with Crippen LogP contribution in [0.5, 0.6) is 0 Å². The second-order valence-electron chi connectivity index (χ2n) is 6.90. The first kappa shape index (κ1) is 16.3. The minimum Gasteiger partial charge on any atom is -0.423 e. The molecular formula is C20H24N2O3+2. The molecule has 3 aromatic rings. The van der Waals surface area contributed by atoms with Crippen molar-refractivity contribution in [2.24, 2.45) is 0 Å². The van der Waals surface area contributed by atoms with E-state index in [-0.39, 0.29) is 12.2 Å². The summed E-state index contributed by atoms with van der Waals surface area (Å²) in [6.45, 7) is 6.16. The van der Waals surface area contributed by atoms with Gasteiger partial charge in [0.15, 0.2) is 0 Å². The topological polar surface area (TPSA) is 59.3 Å². The van der Waals surface area contributed by atoms with Crippen LogP contribution in [0.2, 0.25) is 0 Å². The minimum absolute atomic E-state index is 0.251. The predicted molar refractivity (Wildman–Crippen MR) is 97.0 cm³/mol. The molecule has 1 fully saturated rings. The third kappa shape index (κ3) is 3.31. The molecule has 0 unspecified atom stereocenters. The molecule has 1 aromatic heterocycles. The number of fused-ring (bicyclic) bond motifs is 3. The largest absolute Gasteiger partial charge is 0.423 e. The molecule has 130 valence electrons. The number of hydrogen-bond acceptors (Lipinski definition) is 3. The number of aliphatic hydroxyl groups is 1. The van der Waals surface area contributed by atoms with Gasteiger partial charge in [0.05, 0.1) is 6.61 Å². The highest BCUT2D eigenvalue weighted by atomic mass is 16.4. The molecule has 4 rings (SSSR count). The maximum absolute atomic E-state index is 12.0. The summed E-state index contributed by atoms with van der Waals surface area (Å²) in [4.78, 5) is 15.0. The van der Waals surface area contributed by atoms with Gasteiger partial charge >= 0.3 is 5.63 Å².